The molecule has 4 N–H and O–H groups in total. The van der Waals surface area contributed by atoms with Gasteiger partial charge in [0.1, 0.15) is 33.4 Å². The average molecular weight is 526 g/mol. The van der Waals surface area contributed by atoms with Crippen molar-refractivity contribution in [2.75, 3.05) is 23.9 Å². The summed E-state index contributed by atoms with van der Waals surface area (Å²) in [5.41, 5.74) is 4.43. The molecule has 1 aliphatic carbocycles. The van der Waals surface area contributed by atoms with E-state index in [0.717, 1.165) is 39.7 Å². The molecule has 3 heterocycles. The van der Waals surface area contributed by atoms with Gasteiger partial charge in [-0.05, 0) is 51.2 Å². The number of aromatic amines is 2. The SMILES string of the molecule is CC(C)Oc1cc2[nH]ncc2cc1Nc1ncnc2[nH]c3c(c12)CC(C(=O)NCCCS(C)(=O)=O)CC3. The van der Waals surface area contributed by atoms with Crippen LogP contribution in [0, 0.1) is 5.92 Å². The van der Waals surface area contributed by atoms with Crippen LogP contribution in [0.5, 0.6) is 5.75 Å². The van der Waals surface area contributed by atoms with Crippen molar-refractivity contribution in [3.63, 3.8) is 0 Å². The average Bonchev–Trinajstić information content (AvgIpc) is 3.44. The van der Waals surface area contributed by atoms with E-state index in [4.69, 9.17) is 4.74 Å². The first-order chi connectivity index (χ1) is 17.7. The van der Waals surface area contributed by atoms with Crippen LogP contribution in [0.3, 0.4) is 0 Å². The number of carbonyl (C=O) groups excluding carboxylic acids is 1. The van der Waals surface area contributed by atoms with E-state index in [0.29, 0.717) is 43.0 Å². The Morgan fingerprint density at radius 3 is 2.89 bits per heavy atom. The number of nitrogens with one attached hydrogen (secondary N) is 4. The maximum absolute atomic E-state index is 12.9. The number of hydrogen-bond acceptors (Lipinski definition) is 8. The molecule has 0 aliphatic heterocycles. The lowest BCUT2D eigenvalue weighted by atomic mass is 9.86. The van der Waals surface area contributed by atoms with E-state index in [1.807, 2.05) is 26.0 Å². The molecule has 0 bridgehead atoms. The minimum Gasteiger partial charge on any atom is -0.489 e. The Balaban J connectivity index is 1.41. The lowest BCUT2D eigenvalue weighted by Crippen LogP contribution is -2.35. The summed E-state index contributed by atoms with van der Waals surface area (Å²) in [6.45, 7) is 4.28. The van der Waals surface area contributed by atoms with E-state index in [9.17, 15) is 13.2 Å². The highest BCUT2D eigenvalue weighted by atomic mass is 32.2. The third-order valence-corrected chi connectivity index (χ3v) is 7.52. The summed E-state index contributed by atoms with van der Waals surface area (Å²) in [4.78, 5) is 25.3. The summed E-state index contributed by atoms with van der Waals surface area (Å²) >= 11 is 0. The summed E-state index contributed by atoms with van der Waals surface area (Å²) < 4.78 is 28.8. The maximum Gasteiger partial charge on any atom is 0.223 e. The van der Waals surface area contributed by atoms with Gasteiger partial charge in [0, 0.05) is 35.9 Å². The van der Waals surface area contributed by atoms with E-state index in [-0.39, 0.29) is 23.7 Å². The van der Waals surface area contributed by atoms with Crippen LogP contribution in [0.2, 0.25) is 0 Å². The Morgan fingerprint density at radius 1 is 1.27 bits per heavy atom. The molecule has 0 spiro atoms. The Bertz CT molecular complexity index is 1560. The Hall–Kier alpha value is -3.67. The van der Waals surface area contributed by atoms with Crippen molar-refractivity contribution in [1.29, 1.82) is 0 Å². The predicted octanol–water partition coefficient (Wildman–Crippen LogP) is 3.02. The Labute approximate surface area is 214 Å². The van der Waals surface area contributed by atoms with Crippen molar-refractivity contribution < 1.29 is 17.9 Å². The molecule has 1 unspecified atom stereocenters. The number of aryl methyl sites for hydroxylation is 1. The first-order valence-corrected chi connectivity index (χ1v) is 14.4. The molecule has 0 radical (unpaired) electrons. The van der Waals surface area contributed by atoms with Gasteiger partial charge in [-0.3, -0.25) is 9.89 Å². The number of H-pyrrole nitrogens is 2. The molecule has 196 valence electrons. The smallest absolute Gasteiger partial charge is 0.223 e. The molecule has 11 nitrogen and oxygen atoms in total. The lowest BCUT2D eigenvalue weighted by molar-refractivity contribution is -0.125. The number of ether oxygens (including phenoxy) is 1. The topological polar surface area (TPSA) is 155 Å². The third kappa shape index (κ3) is 5.53. The van der Waals surface area contributed by atoms with Gasteiger partial charge < -0.3 is 20.4 Å². The van der Waals surface area contributed by atoms with Crippen LogP contribution in [-0.2, 0) is 27.5 Å². The number of nitrogens with zero attached hydrogens (tertiary/aromatic N) is 3. The van der Waals surface area contributed by atoms with E-state index < -0.39 is 9.84 Å². The largest absolute Gasteiger partial charge is 0.489 e. The molecule has 1 amide bonds. The first kappa shape index (κ1) is 25.0. The van der Waals surface area contributed by atoms with Gasteiger partial charge in [0.25, 0.3) is 0 Å². The van der Waals surface area contributed by atoms with Crippen LogP contribution >= 0.6 is 0 Å². The fraction of sp³-hybridized carbons (Fsp3) is 0.440. The number of rotatable bonds is 9. The number of aromatic nitrogens is 5. The second-order valence-corrected chi connectivity index (χ2v) is 12.1. The molecule has 1 aliphatic rings. The minimum atomic E-state index is -3.04. The van der Waals surface area contributed by atoms with Crippen LogP contribution in [0.4, 0.5) is 11.5 Å². The minimum absolute atomic E-state index is 0.0249. The van der Waals surface area contributed by atoms with Crippen LogP contribution in [0.25, 0.3) is 21.9 Å². The number of benzene rings is 1. The van der Waals surface area contributed by atoms with E-state index in [1.54, 1.807) is 6.20 Å². The fourth-order valence-electron chi connectivity index (χ4n) is 4.80. The highest BCUT2D eigenvalue weighted by Crippen LogP contribution is 2.38. The van der Waals surface area contributed by atoms with Crippen molar-refractivity contribution in [1.82, 2.24) is 30.5 Å². The number of anilines is 2. The summed E-state index contributed by atoms with van der Waals surface area (Å²) in [7, 11) is -3.04. The van der Waals surface area contributed by atoms with Gasteiger partial charge in [0.05, 0.1) is 34.6 Å². The third-order valence-electron chi connectivity index (χ3n) is 6.49. The fourth-order valence-corrected chi connectivity index (χ4v) is 5.47. The zero-order valence-electron chi connectivity index (χ0n) is 21.1. The lowest BCUT2D eigenvalue weighted by Gasteiger charge is -2.22. The van der Waals surface area contributed by atoms with Crippen molar-refractivity contribution >= 4 is 49.2 Å². The number of fused-ring (bicyclic) bond motifs is 4. The first-order valence-electron chi connectivity index (χ1n) is 12.4. The van der Waals surface area contributed by atoms with Gasteiger partial charge in [-0.1, -0.05) is 0 Å². The highest BCUT2D eigenvalue weighted by molar-refractivity contribution is 7.90. The van der Waals surface area contributed by atoms with Crippen molar-refractivity contribution in [3.05, 3.63) is 35.9 Å². The van der Waals surface area contributed by atoms with E-state index in [2.05, 4.69) is 35.8 Å². The van der Waals surface area contributed by atoms with Gasteiger partial charge in [-0.15, -0.1) is 0 Å². The molecular weight excluding hydrogens is 494 g/mol. The molecule has 4 aromatic rings. The molecule has 1 aromatic carbocycles. The standard InChI is InChI=1S/C25H31N7O4S/c1-14(2)36-21-11-19-16(12-29-32-19)10-20(21)31-24-22-17-9-15(25(33)26-7-4-8-37(3,34)35)5-6-18(17)30-23(22)27-13-28-24/h10-15H,4-9H2,1-3H3,(H,26,33)(H,29,32)(H2,27,28,30,31). The molecule has 0 fully saturated rings. The van der Waals surface area contributed by atoms with Gasteiger partial charge >= 0.3 is 0 Å². The number of hydrogen-bond donors (Lipinski definition) is 4. The number of amides is 1. The van der Waals surface area contributed by atoms with Gasteiger partial charge in [-0.2, -0.15) is 5.10 Å². The summed E-state index contributed by atoms with van der Waals surface area (Å²) in [5, 5.41) is 15.2. The van der Waals surface area contributed by atoms with Gasteiger partial charge in [-0.25, -0.2) is 18.4 Å². The highest BCUT2D eigenvalue weighted by Gasteiger charge is 2.29. The zero-order chi connectivity index (χ0) is 26.2. The normalized spacial score (nSPS) is 15.7. The molecule has 0 saturated heterocycles. The Kier molecular flexibility index (Phi) is 6.76. The predicted molar refractivity (Wildman–Crippen MR) is 142 cm³/mol. The van der Waals surface area contributed by atoms with Crippen molar-refractivity contribution in [3.8, 4) is 5.75 Å². The van der Waals surface area contributed by atoms with Crippen LogP contribution in [0.15, 0.2) is 24.7 Å². The summed E-state index contributed by atoms with van der Waals surface area (Å²) in [6.07, 6.45) is 6.82. The molecule has 1 atom stereocenters. The van der Waals surface area contributed by atoms with E-state index in [1.165, 1.54) is 12.6 Å². The molecule has 0 saturated carbocycles. The van der Waals surface area contributed by atoms with Crippen molar-refractivity contribution in [2.45, 2.75) is 45.6 Å². The molecule has 37 heavy (non-hydrogen) atoms. The van der Waals surface area contributed by atoms with E-state index >= 15 is 0 Å². The van der Waals surface area contributed by atoms with Crippen LogP contribution < -0.4 is 15.4 Å². The maximum atomic E-state index is 12.9. The van der Waals surface area contributed by atoms with Gasteiger partial charge in [0.2, 0.25) is 5.91 Å². The van der Waals surface area contributed by atoms with Crippen LogP contribution in [0.1, 0.15) is 37.9 Å². The quantitative estimate of drug-likeness (QED) is 0.243. The molecule has 3 aromatic heterocycles. The van der Waals surface area contributed by atoms with Crippen molar-refractivity contribution in [2.24, 2.45) is 5.92 Å². The number of sulfone groups is 1. The number of carbonyl (C=O) groups is 1. The zero-order valence-corrected chi connectivity index (χ0v) is 21.9. The Morgan fingerprint density at radius 2 is 2.11 bits per heavy atom. The summed E-state index contributed by atoms with van der Waals surface area (Å²) in [5.74, 6) is 1.10. The van der Waals surface area contributed by atoms with Gasteiger partial charge in [0.15, 0.2) is 0 Å². The second-order valence-electron chi connectivity index (χ2n) is 9.84. The molecular formula is C25H31N7O4S. The second kappa shape index (κ2) is 10.0. The molecule has 5 rings (SSSR count). The summed E-state index contributed by atoms with van der Waals surface area (Å²) in [6, 6.07) is 3.89. The monoisotopic (exact) mass is 525 g/mol. The molecule has 12 heteroatoms. The van der Waals surface area contributed by atoms with Crippen LogP contribution in [-0.4, -0.2) is 64.1 Å².